The number of alkyl halides is 3. The highest BCUT2D eigenvalue weighted by atomic mass is 19.4. The molecule has 0 aromatic heterocycles. The van der Waals surface area contributed by atoms with Gasteiger partial charge in [-0.3, -0.25) is 0 Å². The number of halogens is 3. The molecule has 0 amide bonds. The summed E-state index contributed by atoms with van der Waals surface area (Å²) in [7, 11) is 0. The summed E-state index contributed by atoms with van der Waals surface area (Å²) in [6.07, 6.45) is -3.58. The topological polar surface area (TPSA) is 37.3 Å². The van der Waals surface area contributed by atoms with Crippen LogP contribution >= 0.6 is 0 Å². The van der Waals surface area contributed by atoms with Crippen molar-refractivity contribution in [2.24, 2.45) is 0 Å². The van der Waals surface area contributed by atoms with Gasteiger partial charge in [0.05, 0.1) is 0 Å². The van der Waals surface area contributed by atoms with Gasteiger partial charge in [-0.25, -0.2) is 4.79 Å². The molecule has 0 radical (unpaired) electrons. The van der Waals surface area contributed by atoms with Gasteiger partial charge in [-0.2, -0.15) is 13.2 Å². The van der Waals surface area contributed by atoms with E-state index in [2.05, 4.69) is 0 Å². The molecular formula is C9H9F3O2. The molecule has 78 valence electrons. The van der Waals surface area contributed by atoms with Gasteiger partial charge in [-0.05, 0) is 13.3 Å². The lowest BCUT2D eigenvalue weighted by Gasteiger charge is -2.18. The lowest BCUT2D eigenvalue weighted by Crippen LogP contribution is -2.20. The van der Waals surface area contributed by atoms with Gasteiger partial charge in [0.2, 0.25) is 0 Å². The Morgan fingerprint density at radius 2 is 2.07 bits per heavy atom. The Labute approximate surface area is 78.7 Å². The molecule has 0 aromatic rings. The van der Waals surface area contributed by atoms with Gasteiger partial charge in [-0.15, -0.1) is 0 Å². The standard InChI is InChI=1S/C9H9F3O2/c1-5-2-3-7(9(10,11)12)6(4-5)8(13)14/h2H,3-4H2,1H3,(H,13,14). The molecule has 1 rings (SSSR count). The first kappa shape index (κ1) is 10.8. The quantitative estimate of drug-likeness (QED) is 0.669. The second-order valence-electron chi connectivity index (χ2n) is 3.19. The minimum atomic E-state index is -4.54. The molecule has 2 nitrogen and oxygen atoms in total. The molecule has 14 heavy (non-hydrogen) atoms. The van der Waals surface area contributed by atoms with E-state index in [1.54, 1.807) is 6.92 Å². The molecule has 0 saturated carbocycles. The minimum absolute atomic E-state index is 0.121. The smallest absolute Gasteiger partial charge is 0.413 e. The van der Waals surface area contributed by atoms with Gasteiger partial charge in [0.15, 0.2) is 0 Å². The summed E-state index contributed by atoms with van der Waals surface area (Å²) >= 11 is 0. The van der Waals surface area contributed by atoms with Gasteiger partial charge in [0.25, 0.3) is 0 Å². The van der Waals surface area contributed by atoms with Crippen molar-refractivity contribution in [2.45, 2.75) is 25.9 Å². The van der Waals surface area contributed by atoms with Crippen LogP contribution in [0.15, 0.2) is 22.8 Å². The maximum atomic E-state index is 12.3. The molecule has 0 bridgehead atoms. The average Bonchev–Trinajstić information content (AvgIpc) is 2.01. The fourth-order valence-electron chi connectivity index (χ4n) is 1.35. The molecule has 0 unspecified atom stereocenters. The van der Waals surface area contributed by atoms with Crippen LogP contribution in [0.4, 0.5) is 13.2 Å². The third kappa shape index (κ3) is 2.16. The van der Waals surface area contributed by atoms with Crippen LogP contribution in [-0.2, 0) is 4.79 Å². The number of allylic oxidation sites excluding steroid dienone is 3. The van der Waals surface area contributed by atoms with Crippen molar-refractivity contribution in [1.29, 1.82) is 0 Å². The number of hydrogen-bond donors (Lipinski definition) is 1. The number of carboxylic acids is 1. The number of hydrogen-bond acceptors (Lipinski definition) is 1. The van der Waals surface area contributed by atoms with Crippen molar-refractivity contribution in [1.82, 2.24) is 0 Å². The van der Waals surface area contributed by atoms with Crippen LogP contribution in [0.5, 0.6) is 0 Å². The van der Waals surface area contributed by atoms with E-state index in [0.717, 1.165) is 0 Å². The van der Waals surface area contributed by atoms with E-state index in [0.29, 0.717) is 5.57 Å². The Balaban J connectivity index is 3.09. The Morgan fingerprint density at radius 3 is 2.50 bits per heavy atom. The zero-order valence-electron chi connectivity index (χ0n) is 7.48. The Hall–Kier alpha value is -1.26. The van der Waals surface area contributed by atoms with Gasteiger partial charge in [0, 0.05) is 17.6 Å². The average molecular weight is 206 g/mol. The largest absolute Gasteiger partial charge is 0.478 e. The summed E-state index contributed by atoms with van der Waals surface area (Å²) < 4.78 is 37.0. The van der Waals surface area contributed by atoms with E-state index in [9.17, 15) is 18.0 Å². The highest BCUT2D eigenvalue weighted by Crippen LogP contribution is 2.36. The van der Waals surface area contributed by atoms with Crippen molar-refractivity contribution in [2.75, 3.05) is 0 Å². The summed E-state index contributed by atoms with van der Waals surface area (Å²) in [5.41, 5.74) is -0.802. The first-order valence-electron chi connectivity index (χ1n) is 4.00. The summed E-state index contributed by atoms with van der Waals surface area (Å²) in [5.74, 6) is -1.48. The first-order valence-corrected chi connectivity index (χ1v) is 4.00. The lowest BCUT2D eigenvalue weighted by molar-refractivity contribution is -0.134. The van der Waals surface area contributed by atoms with Crippen LogP contribution in [0.1, 0.15) is 19.8 Å². The molecule has 0 aromatic carbocycles. The van der Waals surface area contributed by atoms with Crippen molar-refractivity contribution in [3.63, 3.8) is 0 Å². The third-order valence-corrected chi connectivity index (χ3v) is 2.07. The molecule has 0 aliphatic heterocycles. The lowest BCUT2D eigenvalue weighted by atomic mass is 9.92. The van der Waals surface area contributed by atoms with Crippen LogP contribution in [0.3, 0.4) is 0 Å². The van der Waals surface area contributed by atoms with E-state index >= 15 is 0 Å². The Bertz CT molecular complexity index is 323. The van der Waals surface area contributed by atoms with E-state index in [1.165, 1.54) is 6.08 Å². The third-order valence-electron chi connectivity index (χ3n) is 2.07. The highest BCUT2D eigenvalue weighted by Gasteiger charge is 2.38. The second-order valence-corrected chi connectivity index (χ2v) is 3.19. The highest BCUT2D eigenvalue weighted by molar-refractivity contribution is 5.88. The van der Waals surface area contributed by atoms with Gasteiger partial charge in [-0.1, -0.05) is 11.6 Å². The second kappa shape index (κ2) is 3.48. The van der Waals surface area contributed by atoms with Crippen molar-refractivity contribution in [3.05, 3.63) is 22.8 Å². The van der Waals surface area contributed by atoms with Gasteiger partial charge >= 0.3 is 12.1 Å². The van der Waals surface area contributed by atoms with E-state index < -0.39 is 23.3 Å². The minimum Gasteiger partial charge on any atom is -0.478 e. The van der Waals surface area contributed by atoms with Gasteiger partial charge < -0.3 is 5.11 Å². The molecule has 0 saturated heterocycles. The number of aliphatic carboxylic acids is 1. The van der Waals surface area contributed by atoms with Crippen molar-refractivity contribution < 1.29 is 23.1 Å². The Kier molecular flexibility index (Phi) is 2.69. The zero-order valence-corrected chi connectivity index (χ0v) is 7.48. The van der Waals surface area contributed by atoms with Gasteiger partial charge in [0.1, 0.15) is 0 Å². The SMILES string of the molecule is CC1=CCC(C(F)(F)F)=C(C(=O)O)C1. The predicted molar refractivity (Wildman–Crippen MR) is 43.7 cm³/mol. The monoisotopic (exact) mass is 206 g/mol. The zero-order chi connectivity index (χ0) is 10.9. The summed E-state index contributed by atoms with van der Waals surface area (Å²) in [6.45, 7) is 1.62. The summed E-state index contributed by atoms with van der Waals surface area (Å²) in [6, 6.07) is 0. The number of carbonyl (C=O) groups is 1. The summed E-state index contributed by atoms with van der Waals surface area (Å²) in [4.78, 5) is 10.6. The molecule has 1 N–H and O–H groups in total. The molecule has 0 atom stereocenters. The molecule has 0 fully saturated rings. The molecule has 5 heteroatoms. The predicted octanol–water partition coefficient (Wildman–Crippen LogP) is 2.67. The van der Waals surface area contributed by atoms with Crippen LogP contribution in [0, 0.1) is 0 Å². The summed E-state index contributed by atoms with van der Waals surface area (Å²) in [5, 5.41) is 8.60. The number of carboxylic acid groups (broad SMARTS) is 1. The van der Waals surface area contributed by atoms with Crippen molar-refractivity contribution >= 4 is 5.97 Å². The number of rotatable bonds is 1. The Morgan fingerprint density at radius 1 is 1.50 bits per heavy atom. The van der Waals surface area contributed by atoms with Crippen LogP contribution < -0.4 is 0 Å². The maximum Gasteiger partial charge on any atom is 0.413 e. The van der Waals surface area contributed by atoms with Crippen LogP contribution in [-0.4, -0.2) is 17.3 Å². The van der Waals surface area contributed by atoms with E-state index in [-0.39, 0.29) is 12.8 Å². The molecule has 1 aliphatic carbocycles. The molecule has 1 aliphatic rings. The fraction of sp³-hybridized carbons (Fsp3) is 0.444. The van der Waals surface area contributed by atoms with Crippen LogP contribution in [0.25, 0.3) is 0 Å². The normalized spacial score (nSPS) is 18.1. The first-order chi connectivity index (χ1) is 6.32. The van der Waals surface area contributed by atoms with E-state index in [4.69, 9.17) is 5.11 Å². The molecular weight excluding hydrogens is 197 g/mol. The van der Waals surface area contributed by atoms with Crippen LogP contribution in [0.2, 0.25) is 0 Å². The maximum absolute atomic E-state index is 12.3. The molecule has 0 spiro atoms. The van der Waals surface area contributed by atoms with Crippen molar-refractivity contribution in [3.8, 4) is 0 Å². The molecule has 0 heterocycles. The van der Waals surface area contributed by atoms with E-state index in [1.807, 2.05) is 0 Å². The fourth-order valence-corrected chi connectivity index (χ4v) is 1.35.